The fourth-order valence-corrected chi connectivity index (χ4v) is 4.51. The smallest absolute Gasteiger partial charge is 0.339 e. The molecule has 0 fully saturated rings. The molecule has 2 heterocycles. The molecule has 34 heavy (non-hydrogen) atoms. The Hall–Kier alpha value is -3.53. The first-order valence-electron chi connectivity index (χ1n) is 10.8. The number of esters is 1. The van der Waals surface area contributed by atoms with E-state index in [1.165, 1.54) is 25.6 Å². The summed E-state index contributed by atoms with van der Waals surface area (Å²) < 4.78 is 40.2. The van der Waals surface area contributed by atoms with Gasteiger partial charge in [0, 0.05) is 11.8 Å². The van der Waals surface area contributed by atoms with Crippen molar-refractivity contribution in [3.8, 4) is 17.1 Å². The summed E-state index contributed by atoms with van der Waals surface area (Å²) >= 11 is 0. The van der Waals surface area contributed by atoms with Crippen molar-refractivity contribution >= 4 is 21.8 Å². The molecular formula is C24H28N4O5S. The summed E-state index contributed by atoms with van der Waals surface area (Å²) in [5.41, 5.74) is 2.16. The first kappa shape index (κ1) is 25.1. The minimum atomic E-state index is -4.36. The number of nitrogens with one attached hydrogen (secondary N) is 1. The average molecular weight is 485 g/mol. The molecule has 0 saturated carbocycles. The number of aryl methyl sites for hydroxylation is 2. The minimum absolute atomic E-state index is 0.00486. The molecule has 0 atom stereocenters. The molecule has 0 spiro atoms. The lowest BCUT2D eigenvalue weighted by molar-refractivity contribution is 0.0454. The zero-order valence-corrected chi connectivity index (χ0v) is 20.6. The standard InChI is InChI=1S/C24H28N4O5S/c1-6-17-7-9-18(10-8-17)20-21(19(11-12-25-20)24(29)33-14-15(2)3)34(30,31)28-22-23(32-5)27-16(4)13-26-22/h7-13,15H,6,14H2,1-5H3,(H,26,28). The van der Waals surface area contributed by atoms with E-state index >= 15 is 0 Å². The third kappa shape index (κ3) is 5.69. The van der Waals surface area contributed by atoms with Crippen LogP contribution in [0.5, 0.6) is 5.88 Å². The number of anilines is 1. The Morgan fingerprint density at radius 3 is 2.44 bits per heavy atom. The van der Waals surface area contributed by atoms with Gasteiger partial charge in [0.25, 0.3) is 15.9 Å². The number of hydrogen-bond donors (Lipinski definition) is 1. The lowest BCUT2D eigenvalue weighted by atomic mass is 10.1. The fraction of sp³-hybridized carbons (Fsp3) is 0.333. The normalized spacial score (nSPS) is 11.4. The van der Waals surface area contributed by atoms with Crippen molar-refractivity contribution < 1.29 is 22.7 Å². The zero-order chi connectivity index (χ0) is 24.9. The topological polar surface area (TPSA) is 120 Å². The molecule has 0 unspecified atom stereocenters. The van der Waals surface area contributed by atoms with Crippen LogP contribution in [0.25, 0.3) is 11.3 Å². The molecule has 0 radical (unpaired) electrons. The Morgan fingerprint density at radius 1 is 1.12 bits per heavy atom. The van der Waals surface area contributed by atoms with Crippen LogP contribution in [0.4, 0.5) is 5.82 Å². The van der Waals surface area contributed by atoms with Crippen LogP contribution in [0.15, 0.2) is 47.6 Å². The number of ether oxygens (including phenoxy) is 2. The van der Waals surface area contributed by atoms with Gasteiger partial charge in [0.2, 0.25) is 5.82 Å². The second-order valence-corrected chi connectivity index (χ2v) is 9.67. The third-order valence-electron chi connectivity index (χ3n) is 4.86. The van der Waals surface area contributed by atoms with Gasteiger partial charge in [0.05, 0.1) is 36.9 Å². The monoisotopic (exact) mass is 484 g/mol. The molecule has 0 amide bonds. The van der Waals surface area contributed by atoms with Crippen LogP contribution in [0.3, 0.4) is 0 Å². The summed E-state index contributed by atoms with van der Waals surface area (Å²) in [5, 5.41) is 0. The lowest BCUT2D eigenvalue weighted by Crippen LogP contribution is -2.21. The van der Waals surface area contributed by atoms with Gasteiger partial charge in [-0.15, -0.1) is 0 Å². The number of carbonyl (C=O) groups is 1. The summed E-state index contributed by atoms with van der Waals surface area (Å²) in [7, 11) is -3.00. The highest BCUT2D eigenvalue weighted by Gasteiger charge is 2.30. The lowest BCUT2D eigenvalue weighted by Gasteiger charge is -2.16. The maximum absolute atomic E-state index is 13.7. The van der Waals surface area contributed by atoms with E-state index in [0.29, 0.717) is 11.3 Å². The van der Waals surface area contributed by atoms with Crippen LogP contribution in [0.1, 0.15) is 42.4 Å². The number of nitrogens with zero attached hydrogens (tertiary/aromatic N) is 3. The highest BCUT2D eigenvalue weighted by atomic mass is 32.2. The molecule has 0 bridgehead atoms. The number of hydrogen-bond acceptors (Lipinski definition) is 8. The van der Waals surface area contributed by atoms with E-state index in [9.17, 15) is 13.2 Å². The number of methoxy groups -OCH3 is 1. The van der Waals surface area contributed by atoms with Crippen LogP contribution in [0, 0.1) is 12.8 Å². The molecule has 2 aromatic heterocycles. The van der Waals surface area contributed by atoms with Crippen molar-refractivity contribution in [2.45, 2.75) is 39.0 Å². The van der Waals surface area contributed by atoms with Gasteiger partial charge < -0.3 is 9.47 Å². The molecule has 0 saturated heterocycles. The number of aromatic nitrogens is 3. The van der Waals surface area contributed by atoms with Gasteiger partial charge in [0.1, 0.15) is 4.90 Å². The van der Waals surface area contributed by atoms with Gasteiger partial charge in [-0.3, -0.25) is 9.71 Å². The van der Waals surface area contributed by atoms with Crippen molar-refractivity contribution in [3.63, 3.8) is 0 Å². The largest absolute Gasteiger partial charge is 0.478 e. The Balaban J connectivity index is 2.17. The van der Waals surface area contributed by atoms with E-state index in [-0.39, 0.29) is 40.4 Å². The highest BCUT2D eigenvalue weighted by molar-refractivity contribution is 7.93. The van der Waals surface area contributed by atoms with Crippen LogP contribution in [0.2, 0.25) is 0 Å². The predicted molar refractivity (Wildman–Crippen MR) is 128 cm³/mol. The molecule has 0 aliphatic carbocycles. The van der Waals surface area contributed by atoms with E-state index in [4.69, 9.17) is 9.47 Å². The quantitative estimate of drug-likeness (QED) is 0.452. The minimum Gasteiger partial charge on any atom is -0.478 e. The molecule has 0 aliphatic heterocycles. The molecule has 3 rings (SSSR count). The van der Waals surface area contributed by atoms with E-state index in [0.717, 1.165) is 12.0 Å². The number of rotatable bonds is 9. The number of pyridine rings is 1. The molecule has 1 aromatic carbocycles. The molecular weight excluding hydrogens is 456 g/mol. The van der Waals surface area contributed by atoms with E-state index in [1.807, 2.05) is 32.9 Å². The summed E-state index contributed by atoms with van der Waals surface area (Å²) in [5.74, 6) is -0.780. The summed E-state index contributed by atoms with van der Waals surface area (Å²) in [6.07, 6.45) is 3.63. The van der Waals surface area contributed by atoms with Crippen molar-refractivity contribution in [2.75, 3.05) is 18.4 Å². The Bertz CT molecular complexity index is 1280. The van der Waals surface area contributed by atoms with Gasteiger partial charge in [-0.25, -0.2) is 23.2 Å². The van der Waals surface area contributed by atoms with E-state index in [1.54, 1.807) is 19.1 Å². The van der Waals surface area contributed by atoms with Gasteiger partial charge in [0.15, 0.2) is 0 Å². The molecule has 180 valence electrons. The Morgan fingerprint density at radius 2 is 1.82 bits per heavy atom. The zero-order valence-electron chi connectivity index (χ0n) is 19.8. The van der Waals surface area contributed by atoms with Gasteiger partial charge in [-0.1, -0.05) is 45.0 Å². The third-order valence-corrected chi connectivity index (χ3v) is 6.27. The maximum Gasteiger partial charge on any atom is 0.339 e. The van der Waals surface area contributed by atoms with Gasteiger partial charge in [-0.05, 0) is 30.9 Å². The SMILES string of the molecule is CCc1ccc(-c2nccc(C(=O)OCC(C)C)c2S(=O)(=O)Nc2ncc(C)nc2OC)cc1. The Labute approximate surface area is 199 Å². The first-order valence-corrected chi connectivity index (χ1v) is 12.3. The second kappa shape index (κ2) is 10.6. The first-order chi connectivity index (χ1) is 16.2. The fourth-order valence-electron chi connectivity index (χ4n) is 3.15. The van der Waals surface area contributed by atoms with Crippen LogP contribution in [-0.4, -0.2) is 43.1 Å². The van der Waals surface area contributed by atoms with Gasteiger partial charge in [-0.2, -0.15) is 0 Å². The summed E-state index contributed by atoms with van der Waals surface area (Å²) in [4.78, 5) is 25.2. The van der Waals surface area contributed by atoms with Crippen molar-refractivity contribution in [3.05, 3.63) is 59.5 Å². The van der Waals surface area contributed by atoms with Crippen molar-refractivity contribution in [1.82, 2.24) is 15.0 Å². The molecule has 1 N–H and O–H groups in total. The van der Waals surface area contributed by atoms with Crippen molar-refractivity contribution in [2.24, 2.45) is 5.92 Å². The van der Waals surface area contributed by atoms with Gasteiger partial charge >= 0.3 is 5.97 Å². The molecule has 9 nitrogen and oxygen atoms in total. The molecule has 0 aliphatic rings. The maximum atomic E-state index is 13.7. The van der Waals surface area contributed by atoms with Crippen LogP contribution >= 0.6 is 0 Å². The highest BCUT2D eigenvalue weighted by Crippen LogP contribution is 2.32. The van der Waals surface area contributed by atoms with Crippen molar-refractivity contribution in [1.29, 1.82) is 0 Å². The number of sulfonamides is 1. The number of benzene rings is 1. The van der Waals surface area contributed by atoms with E-state index in [2.05, 4.69) is 19.7 Å². The summed E-state index contributed by atoms with van der Waals surface area (Å²) in [6.45, 7) is 7.65. The molecule has 3 aromatic rings. The molecule has 10 heteroatoms. The predicted octanol–water partition coefficient (Wildman–Crippen LogP) is 4.03. The second-order valence-electron chi connectivity index (χ2n) is 8.05. The average Bonchev–Trinajstić information content (AvgIpc) is 2.83. The Kier molecular flexibility index (Phi) is 7.83. The van der Waals surface area contributed by atoms with Crippen LogP contribution < -0.4 is 9.46 Å². The summed E-state index contributed by atoms with van der Waals surface area (Å²) in [6, 6.07) is 8.66. The van der Waals surface area contributed by atoms with Crippen LogP contribution in [-0.2, 0) is 21.2 Å². The number of carbonyl (C=O) groups excluding carboxylic acids is 1. The van der Waals surface area contributed by atoms with E-state index < -0.39 is 16.0 Å².